The molecule has 0 saturated heterocycles. The van der Waals surface area contributed by atoms with Gasteiger partial charge in [-0.05, 0) is 78.6 Å². The second-order valence-corrected chi connectivity index (χ2v) is 11.6. The lowest BCUT2D eigenvalue weighted by molar-refractivity contribution is -0.135. The molecule has 0 aromatic rings. The Hall–Kier alpha value is -0.920. The number of allylic oxidation sites excluding steroid dienone is 2. The van der Waals surface area contributed by atoms with Crippen LogP contribution in [0.4, 0.5) is 0 Å². The number of Topliss-reactive ketones (excluding diaryl/α,β-unsaturated/α-hetero) is 1. The molecule has 156 valence electrons. The number of carbonyl (C=O) groups excluding carboxylic acids is 2. The van der Waals surface area contributed by atoms with Crippen LogP contribution in [0.25, 0.3) is 0 Å². The molecule has 0 amide bonds. The Morgan fingerprint density at radius 2 is 1.75 bits per heavy atom. The third-order valence-corrected chi connectivity index (χ3v) is 9.74. The highest BCUT2D eigenvalue weighted by atomic mass is 16.1. The van der Waals surface area contributed by atoms with E-state index in [0.717, 1.165) is 24.2 Å². The van der Waals surface area contributed by atoms with Crippen LogP contribution in [0.2, 0.25) is 0 Å². The van der Waals surface area contributed by atoms with E-state index in [1.807, 2.05) is 6.08 Å². The van der Waals surface area contributed by atoms with Crippen molar-refractivity contribution < 1.29 is 9.59 Å². The van der Waals surface area contributed by atoms with Gasteiger partial charge in [-0.15, -0.1) is 0 Å². The predicted molar refractivity (Wildman–Crippen MR) is 114 cm³/mol. The number of fused-ring (bicyclic) bond motifs is 5. The molecule has 28 heavy (non-hydrogen) atoms. The van der Waals surface area contributed by atoms with Crippen LogP contribution < -0.4 is 0 Å². The van der Waals surface area contributed by atoms with Gasteiger partial charge in [0, 0.05) is 18.8 Å². The first-order valence-electron chi connectivity index (χ1n) is 11.9. The van der Waals surface area contributed by atoms with Crippen LogP contribution in [0.15, 0.2) is 11.6 Å². The minimum absolute atomic E-state index is 0.0924. The van der Waals surface area contributed by atoms with Gasteiger partial charge in [-0.1, -0.05) is 53.0 Å². The van der Waals surface area contributed by atoms with E-state index in [2.05, 4.69) is 34.6 Å². The number of hydrogen-bond acceptors (Lipinski definition) is 2. The summed E-state index contributed by atoms with van der Waals surface area (Å²) >= 11 is 0. The van der Waals surface area contributed by atoms with Crippen molar-refractivity contribution in [3.8, 4) is 0 Å². The largest absolute Gasteiger partial charge is 0.299 e. The van der Waals surface area contributed by atoms with Crippen LogP contribution >= 0.6 is 0 Å². The smallest absolute Gasteiger partial charge is 0.159 e. The van der Waals surface area contributed by atoms with Crippen molar-refractivity contribution in [2.24, 2.45) is 46.3 Å². The average molecular weight is 385 g/mol. The fourth-order valence-electron chi connectivity index (χ4n) is 7.99. The molecule has 0 heterocycles. The first kappa shape index (κ1) is 20.4. The number of carbonyl (C=O) groups is 2. The number of rotatable bonds is 4. The van der Waals surface area contributed by atoms with E-state index in [4.69, 9.17) is 0 Å². The molecule has 0 bridgehead atoms. The van der Waals surface area contributed by atoms with Crippen LogP contribution in [-0.2, 0) is 9.59 Å². The summed E-state index contributed by atoms with van der Waals surface area (Å²) in [5, 5.41) is 0. The summed E-state index contributed by atoms with van der Waals surface area (Å²) in [6, 6.07) is 0. The van der Waals surface area contributed by atoms with Gasteiger partial charge in [0.25, 0.3) is 0 Å². The summed E-state index contributed by atoms with van der Waals surface area (Å²) in [5.41, 5.74) is 1.59. The van der Waals surface area contributed by atoms with Crippen molar-refractivity contribution in [3.63, 3.8) is 0 Å². The Morgan fingerprint density at radius 1 is 1.00 bits per heavy atom. The van der Waals surface area contributed by atoms with Gasteiger partial charge in [-0.25, -0.2) is 0 Å². The summed E-state index contributed by atoms with van der Waals surface area (Å²) in [6.45, 7) is 12.0. The minimum atomic E-state index is 0.0924. The molecule has 7 atom stereocenters. The molecule has 0 N–H and O–H groups in total. The van der Waals surface area contributed by atoms with Crippen molar-refractivity contribution >= 4 is 11.6 Å². The summed E-state index contributed by atoms with van der Waals surface area (Å²) in [4.78, 5) is 25.4. The topological polar surface area (TPSA) is 34.1 Å². The zero-order valence-electron chi connectivity index (χ0n) is 18.7. The van der Waals surface area contributed by atoms with Crippen LogP contribution in [0, 0.1) is 46.3 Å². The fourth-order valence-corrected chi connectivity index (χ4v) is 7.99. The normalized spacial score (nSPS) is 44.0. The highest BCUT2D eigenvalue weighted by Gasteiger charge is 2.61. The number of hydrogen-bond donors (Lipinski definition) is 0. The lowest BCUT2D eigenvalue weighted by atomic mass is 9.46. The SMILES string of the molecule is CC(C)CCC(C)C1CCC2C3C(=O)C=C4CC(=O)CCC4(C)C3CCC12C. The fraction of sp³-hybridized carbons (Fsp3) is 0.846. The second kappa shape index (κ2) is 7.10. The van der Waals surface area contributed by atoms with Crippen LogP contribution in [0.3, 0.4) is 0 Å². The lowest BCUT2D eigenvalue weighted by Crippen LogP contribution is -2.53. The molecule has 0 aromatic heterocycles. The summed E-state index contributed by atoms with van der Waals surface area (Å²) in [5.74, 6) is 4.24. The molecular weight excluding hydrogens is 344 g/mol. The van der Waals surface area contributed by atoms with E-state index in [1.54, 1.807) is 0 Å². The third-order valence-electron chi connectivity index (χ3n) is 9.74. The Kier molecular flexibility index (Phi) is 5.16. The zero-order valence-corrected chi connectivity index (χ0v) is 18.7. The van der Waals surface area contributed by atoms with Gasteiger partial charge >= 0.3 is 0 Å². The van der Waals surface area contributed by atoms with Crippen LogP contribution in [-0.4, -0.2) is 11.6 Å². The summed E-state index contributed by atoms with van der Waals surface area (Å²) < 4.78 is 0. The maximum atomic E-state index is 13.3. The Morgan fingerprint density at radius 3 is 2.46 bits per heavy atom. The van der Waals surface area contributed by atoms with E-state index < -0.39 is 0 Å². The predicted octanol–water partition coefficient (Wildman–Crippen LogP) is 6.39. The summed E-state index contributed by atoms with van der Waals surface area (Å²) in [7, 11) is 0. The minimum Gasteiger partial charge on any atom is -0.299 e. The van der Waals surface area contributed by atoms with Gasteiger partial charge in [0.05, 0.1) is 0 Å². The van der Waals surface area contributed by atoms with E-state index in [1.165, 1.54) is 44.1 Å². The molecule has 0 aromatic carbocycles. The molecule has 2 nitrogen and oxygen atoms in total. The molecule has 0 spiro atoms. The van der Waals surface area contributed by atoms with Gasteiger partial charge in [-0.3, -0.25) is 9.59 Å². The summed E-state index contributed by atoms with van der Waals surface area (Å²) in [6.07, 6.45) is 11.8. The molecule has 2 heteroatoms. The van der Waals surface area contributed by atoms with Gasteiger partial charge in [0.1, 0.15) is 5.78 Å². The first-order valence-corrected chi connectivity index (χ1v) is 11.9. The lowest BCUT2D eigenvalue weighted by Gasteiger charge is -2.57. The Balaban J connectivity index is 1.60. The quantitative estimate of drug-likeness (QED) is 0.563. The van der Waals surface area contributed by atoms with E-state index in [0.29, 0.717) is 41.7 Å². The second-order valence-electron chi connectivity index (χ2n) is 11.6. The molecule has 7 unspecified atom stereocenters. The van der Waals surface area contributed by atoms with Gasteiger partial charge < -0.3 is 0 Å². The molecular formula is C26H40O2. The van der Waals surface area contributed by atoms with Crippen molar-refractivity contribution in [2.75, 3.05) is 0 Å². The standard InChI is InChI=1S/C26H40O2/c1-16(2)6-7-17(3)20-8-9-21-24-22(11-13-26(20,21)5)25(4)12-10-19(27)14-18(25)15-23(24)28/h15-17,20-22,24H,6-14H2,1-5H3. The zero-order chi connectivity index (χ0) is 20.3. The third kappa shape index (κ3) is 3.05. The van der Waals surface area contributed by atoms with E-state index in [9.17, 15) is 9.59 Å². The van der Waals surface area contributed by atoms with Crippen LogP contribution in [0.5, 0.6) is 0 Å². The van der Waals surface area contributed by atoms with Gasteiger partial charge in [0.2, 0.25) is 0 Å². The Labute approximate surface area is 171 Å². The molecule has 0 radical (unpaired) electrons. The molecule has 3 saturated carbocycles. The monoisotopic (exact) mass is 384 g/mol. The van der Waals surface area contributed by atoms with Crippen molar-refractivity contribution in [1.82, 2.24) is 0 Å². The van der Waals surface area contributed by atoms with E-state index in [-0.39, 0.29) is 11.3 Å². The highest BCUT2D eigenvalue weighted by molar-refractivity contribution is 5.96. The molecule has 3 fully saturated rings. The van der Waals surface area contributed by atoms with Gasteiger partial charge in [-0.2, -0.15) is 0 Å². The van der Waals surface area contributed by atoms with Crippen LogP contribution in [0.1, 0.15) is 92.4 Å². The first-order chi connectivity index (χ1) is 13.2. The number of ketones is 2. The van der Waals surface area contributed by atoms with E-state index >= 15 is 0 Å². The molecule has 4 aliphatic rings. The molecule has 0 aliphatic heterocycles. The average Bonchev–Trinajstić information content (AvgIpc) is 2.98. The molecule has 4 rings (SSSR count). The van der Waals surface area contributed by atoms with Gasteiger partial charge in [0.15, 0.2) is 5.78 Å². The maximum Gasteiger partial charge on any atom is 0.159 e. The highest BCUT2D eigenvalue weighted by Crippen LogP contribution is 2.66. The van der Waals surface area contributed by atoms with Crippen molar-refractivity contribution in [2.45, 2.75) is 92.4 Å². The van der Waals surface area contributed by atoms with Crippen molar-refractivity contribution in [3.05, 3.63) is 11.6 Å². The maximum absolute atomic E-state index is 13.3. The molecule has 4 aliphatic carbocycles. The Bertz CT molecular complexity index is 689. The van der Waals surface area contributed by atoms with Crippen molar-refractivity contribution in [1.29, 1.82) is 0 Å².